The van der Waals surface area contributed by atoms with Gasteiger partial charge in [-0.05, 0) is 86.8 Å². The standard InChI is InChI=1S/C34H54/c1-29-23-21-24-30(2)33(29)27-19-17-15-13-11-9-7-5-6-8-10-12-14-16-18-20-28-34-31(3)25-22-26-32(34)4/h21-26H,5-20,27-28H2,1-4H3. The number of rotatable bonds is 19. The van der Waals surface area contributed by atoms with Gasteiger partial charge in [-0.3, -0.25) is 0 Å². The summed E-state index contributed by atoms with van der Waals surface area (Å²) in [5, 5.41) is 0. The van der Waals surface area contributed by atoms with Crippen molar-refractivity contribution in [1.82, 2.24) is 0 Å². The molecule has 2 rings (SSSR count). The summed E-state index contributed by atoms with van der Waals surface area (Å²) in [6.07, 6.45) is 25.4. The molecule has 0 aliphatic heterocycles. The van der Waals surface area contributed by atoms with Crippen LogP contribution in [-0.4, -0.2) is 0 Å². The van der Waals surface area contributed by atoms with E-state index in [4.69, 9.17) is 0 Å². The summed E-state index contributed by atoms with van der Waals surface area (Å²) in [6, 6.07) is 13.4. The first-order valence-electron chi connectivity index (χ1n) is 14.7. The summed E-state index contributed by atoms with van der Waals surface area (Å²) >= 11 is 0. The maximum Gasteiger partial charge on any atom is -0.0274 e. The lowest BCUT2D eigenvalue weighted by atomic mass is 9.97. The molecular weight excluding hydrogens is 408 g/mol. The molecule has 0 spiro atoms. The van der Waals surface area contributed by atoms with E-state index in [1.165, 1.54) is 138 Å². The van der Waals surface area contributed by atoms with Crippen molar-refractivity contribution in [2.75, 3.05) is 0 Å². The molecular formula is C34H54. The Morgan fingerprint density at radius 1 is 0.324 bits per heavy atom. The van der Waals surface area contributed by atoms with Crippen LogP contribution in [0.3, 0.4) is 0 Å². The zero-order chi connectivity index (χ0) is 24.4. The number of unbranched alkanes of at least 4 members (excludes halogenated alkanes) is 15. The Morgan fingerprint density at radius 2 is 0.529 bits per heavy atom. The molecule has 0 saturated carbocycles. The summed E-state index contributed by atoms with van der Waals surface area (Å²) in [5.74, 6) is 0. The first-order chi connectivity index (χ1) is 16.6. The SMILES string of the molecule is Cc1cccc(C)c1CCCCCCCCCCCCCCCCCCc1c(C)cccc1C. The Balaban J connectivity index is 1.30. The fourth-order valence-electron chi connectivity index (χ4n) is 5.57. The van der Waals surface area contributed by atoms with E-state index in [0.29, 0.717) is 0 Å². The highest BCUT2D eigenvalue weighted by molar-refractivity contribution is 5.34. The van der Waals surface area contributed by atoms with E-state index >= 15 is 0 Å². The summed E-state index contributed by atoms with van der Waals surface area (Å²) in [4.78, 5) is 0. The van der Waals surface area contributed by atoms with Gasteiger partial charge in [0.25, 0.3) is 0 Å². The molecule has 0 saturated heterocycles. The van der Waals surface area contributed by atoms with Crippen molar-refractivity contribution in [3.63, 3.8) is 0 Å². The molecule has 0 N–H and O–H groups in total. The van der Waals surface area contributed by atoms with Crippen molar-refractivity contribution >= 4 is 0 Å². The predicted octanol–water partition coefficient (Wildman–Crippen LogP) is 10.9. The molecule has 190 valence electrons. The normalized spacial score (nSPS) is 11.3. The summed E-state index contributed by atoms with van der Waals surface area (Å²) in [5.41, 5.74) is 9.09. The fourth-order valence-corrected chi connectivity index (χ4v) is 5.57. The van der Waals surface area contributed by atoms with E-state index in [1.807, 2.05) is 0 Å². The Hall–Kier alpha value is -1.56. The highest BCUT2D eigenvalue weighted by Gasteiger charge is 2.03. The van der Waals surface area contributed by atoms with E-state index in [9.17, 15) is 0 Å². The van der Waals surface area contributed by atoms with Crippen LogP contribution in [0, 0.1) is 27.7 Å². The molecule has 0 bridgehead atoms. The lowest BCUT2D eigenvalue weighted by Gasteiger charge is -2.09. The third kappa shape index (κ3) is 11.7. The topological polar surface area (TPSA) is 0 Å². The van der Waals surface area contributed by atoms with Crippen LogP contribution < -0.4 is 0 Å². The van der Waals surface area contributed by atoms with E-state index in [1.54, 1.807) is 11.1 Å². The lowest BCUT2D eigenvalue weighted by molar-refractivity contribution is 0.527. The van der Waals surface area contributed by atoms with Crippen LogP contribution in [0.2, 0.25) is 0 Å². The Kier molecular flexibility index (Phi) is 15.0. The van der Waals surface area contributed by atoms with E-state index in [0.717, 1.165) is 0 Å². The van der Waals surface area contributed by atoms with Gasteiger partial charge in [-0.2, -0.15) is 0 Å². The third-order valence-electron chi connectivity index (χ3n) is 7.89. The van der Waals surface area contributed by atoms with Gasteiger partial charge in [-0.15, -0.1) is 0 Å². The molecule has 0 unspecified atom stereocenters. The van der Waals surface area contributed by atoms with Crippen LogP contribution in [0.1, 0.15) is 136 Å². The maximum absolute atomic E-state index is 2.26. The second kappa shape index (κ2) is 17.8. The van der Waals surface area contributed by atoms with Crippen molar-refractivity contribution in [2.45, 2.75) is 143 Å². The zero-order valence-corrected chi connectivity index (χ0v) is 23.2. The molecule has 2 aromatic carbocycles. The molecule has 0 amide bonds. The third-order valence-corrected chi connectivity index (χ3v) is 7.89. The van der Waals surface area contributed by atoms with Crippen LogP contribution >= 0.6 is 0 Å². The average molecular weight is 463 g/mol. The maximum atomic E-state index is 2.26. The number of hydrogen-bond donors (Lipinski definition) is 0. The number of aryl methyl sites for hydroxylation is 4. The first kappa shape index (κ1) is 28.7. The minimum atomic E-state index is 1.27. The van der Waals surface area contributed by atoms with Gasteiger partial charge in [-0.1, -0.05) is 126 Å². The summed E-state index contributed by atoms with van der Waals surface area (Å²) in [7, 11) is 0. The fraction of sp³-hybridized carbons (Fsp3) is 0.647. The molecule has 34 heavy (non-hydrogen) atoms. The molecule has 0 atom stereocenters. The highest BCUT2D eigenvalue weighted by Crippen LogP contribution is 2.19. The molecule has 0 radical (unpaired) electrons. The van der Waals surface area contributed by atoms with Crippen molar-refractivity contribution in [1.29, 1.82) is 0 Å². The van der Waals surface area contributed by atoms with Crippen LogP contribution in [0.15, 0.2) is 36.4 Å². The van der Waals surface area contributed by atoms with Gasteiger partial charge in [0.1, 0.15) is 0 Å². The van der Waals surface area contributed by atoms with Gasteiger partial charge >= 0.3 is 0 Å². The van der Waals surface area contributed by atoms with Crippen LogP contribution in [-0.2, 0) is 12.8 Å². The second-order valence-corrected chi connectivity index (χ2v) is 10.9. The van der Waals surface area contributed by atoms with Gasteiger partial charge in [0.15, 0.2) is 0 Å². The molecule has 0 nitrogen and oxygen atoms in total. The summed E-state index contributed by atoms with van der Waals surface area (Å²) < 4.78 is 0. The molecule has 0 heterocycles. The molecule has 0 heteroatoms. The highest BCUT2D eigenvalue weighted by atomic mass is 14.1. The van der Waals surface area contributed by atoms with Gasteiger partial charge in [0, 0.05) is 0 Å². The Morgan fingerprint density at radius 3 is 0.765 bits per heavy atom. The van der Waals surface area contributed by atoms with Crippen molar-refractivity contribution in [3.05, 3.63) is 69.8 Å². The van der Waals surface area contributed by atoms with Gasteiger partial charge in [-0.25, -0.2) is 0 Å². The van der Waals surface area contributed by atoms with Crippen LogP contribution in [0.25, 0.3) is 0 Å². The average Bonchev–Trinajstić information content (AvgIpc) is 2.81. The van der Waals surface area contributed by atoms with Crippen LogP contribution in [0.4, 0.5) is 0 Å². The van der Waals surface area contributed by atoms with Gasteiger partial charge in [0.2, 0.25) is 0 Å². The first-order valence-corrected chi connectivity index (χ1v) is 14.7. The van der Waals surface area contributed by atoms with Crippen molar-refractivity contribution in [2.24, 2.45) is 0 Å². The molecule has 0 fully saturated rings. The molecule has 0 aromatic heterocycles. The molecule has 0 aliphatic carbocycles. The summed E-state index contributed by atoms with van der Waals surface area (Å²) in [6.45, 7) is 9.05. The molecule has 0 aliphatic rings. The smallest absolute Gasteiger partial charge is 0.0274 e. The van der Waals surface area contributed by atoms with E-state index < -0.39 is 0 Å². The van der Waals surface area contributed by atoms with Gasteiger partial charge in [0.05, 0.1) is 0 Å². The van der Waals surface area contributed by atoms with Crippen LogP contribution in [0.5, 0.6) is 0 Å². The predicted molar refractivity (Wildman–Crippen MR) is 153 cm³/mol. The van der Waals surface area contributed by atoms with Crippen molar-refractivity contribution < 1.29 is 0 Å². The van der Waals surface area contributed by atoms with Crippen molar-refractivity contribution in [3.8, 4) is 0 Å². The Labute approximate surface area is 213 Å². The monoisotopic (exact) mass is 462 g/mol. The second-order valence-electron chi connectivity index (χ2n) is 10.9. The Bertz CT molecular complexity index is 677. The quantitative estimate of drug-likeness (QED) is 0.182. The van der Waals surface area contributed by atoms with Gasteiger partial charge < -0.3 is 0 Å². The zero-order valence-electron chi connectivity index (χ0n) is 23.2. The molecule has 2 aromatic rings. The number of hydrogen-bond acceptors (Lipinski definition) is 0. The van der Waals surface area contributed by atoms with E-state index in [2.05, 4.69) is 64.1 Å². The largest absolute Gasteiger partial charge is 0.0617 e. The minimum absolute atomic E-state index is 1.27. The van der Waals surface area contributed by atoms with E-state index in [-0.39, 0.29) is 0 Å². The minimum Gasteiger partial charge on any atom is -0.0617 e. The number of benzene rings is 2. The lowest BCUT2D eigenvalue weighted by Crippen LogP contribution is -1.94.